The number of carbonyl (C=O) groups is 2. The zero-order valence-corrected chi connectivity index (χ0v) is 16.1. The first kappa shape index (κ1) is 21.5. The quantitative estimate of drug-likeness (QED) is 0.766. The summed E-state index contributed by atoms with van der Waals surface area (Å²) in [5.74, 6) is -0.763. The summed E-state index contributed by atoms with van der Waals surface area (Å²) in [5, 5.41) is 2.55. The van der Waals surface area contributed by atoms with Gasteiger partial charge in [0, 0.05) is 12.6 Å². The van der Waals surface area contributed by atoms with E-state index >= 15 is 0 Å². The molecule has 0 radical (unpaired) electrons. The molecular formula is C21H23F3N2O2. The van der Waals surface area contributed by atoms with E-state index in [0.29, 0.717) is 12.8 Å². The first-order chi connectivity index (χ1) is 13.2. The van der Waals surface area contributed by atoms with E-state index in [4.69, 9.17) is 0 Å². The number of aryl methyl sites for hydroxylation is 2. The van der Waals surface area contributed by atoms with E-state index in [0.717, 1.165) is 28.9 Å². The Morgan fingerprint density at radius 2 is 1.50 bits per heavy atom. The van der Waals surface area contributed by atoms with Crippen LogP contribution in [-0.2, 0) is 28.6 Å². The van der Waals surface area contributed by atoms with Crippen molar-refractivity contribution in [1.29, 1.82) is 0 Å². The predicted molar refractivity (Wildman–Crippen MR) is 103 cm³/mol. The molecule has 0 saturated carbocycles. The van der Waals surface area contributed by atoms with Crippen molar-refractivity contribution in [1.82, 2.24) is 0 Å². The third kappa shape index (κ3) is 5.12. The van der Waals surface area contributed by atoms with E-state index in [1.54, 1.807) is 0 Å². The molecule has 0 saturated heterocycles. The molecule has 1 N–H and O–H groups in total. The van der Waals surface area contributed by atoms with E-state index in [1.165, 1.54) is 24.0 Å². The zero-order chi connectivity index (χ0) is 20.9. The van der Waals surface area contributed by atoms with Crippen molar-refractivity contribution < 1.29 is 22.8 Å². The van der Waals surface area contributed by atoms with Gasteiger partial charge < -0.3 is 10.2 Å². The molecule has 0 aliphatic heterocycles. The van der Waals surface area contributed by atoms with Crippen molar-refractivity contribution in [2.75, 3.05) is 16.8 Å². The molecule has 0 heterocycles. The molecular weight excluding hydrogens is 369 g/mol. The second kappa shape index (κ2) is 8.91. The molecule has 0 fully saturated rings. The molecule has 0 spiro atoms. The van der Waals surface area contributed by atoms with Crippen LogP contribution in [0.25, 0.3) is 0 Å². The van der Waals surface area contributed by atoms with Crippen molar-refractivity contribution in [3.63, 3.8) is 0 Å². The average molecular weight is 392 g/mol. The maximum atomic E-state index is 12.6. The number of halogens is 3. The highest BCUT2D eigenvalue weighted by Crippen LogP contribution is 2.30. The molecule has 7 heteroatoms. The number of alkyl halides is 3. The summed E-state index contributed by atoms with van der Waals surface area (Å²) in [6.07, 6.45) is -3.03. The molecule has 0 bridgehead atoms. The van der Waals surface area contributed by atoms with Gasteiger partial charge in [-0.2, -0.15) is 13.2 Å². The monoisotopic (exact) mass is 392 g/mol. The summed E-state index contributed by atoms with van der Waals surface area (Å²) in [4.78, 5) is 26.1. The Balaban J connectivity index is 2.22. The lowest BCUT2D eigenvalue weighted by Crippen LogP contribution is -2.38. The van der Waals surface area contributed by atoms with E-state index < -0.39 is 17.6 Å². The van der Waals surface area contributed by atoms with Gasteiger partial charge in [-0.15, -0.1) is 0 Å². The number of hydrogen-bond acceptors (Lipinski definition) is 2. The molecule has 0 atom stereocenters. The zero-order valence-electron chi connectivity index (χ0n) is 16.1. The average Bonchev–Trinajstić information content (AvgIpc) is 2.65. The van der Waals surface area contributed by atoms with Gasteiger partial charge in [0.1, 0.15) is 6.54 Å². The van der Waals surface area contributed by atoms with Gasteiger partial charge in [-0.05, 0) is 48.2 Å². The molecule has 0 unspecified atom stereocenters. The van der Waals surface area contributed by atoms with Crippen LogP contribution >= 0.6 is 0 Å². The highest BCUT2D eigenvalue weighted by Gasteiger charge is 2.30. The Morgan fingerprint density at radius 1 is 0.964 bits per heavy atom. The Bertz CT molecular complexity index is 823. The van der Waals surface area contributed by atoms with Crippen molar-refractivity contribution in [3.8, 4) is 0 Å². The van der Waals surface area contributed by atoms with Gasteiger partial charge in [-0.3, -0.25) is 9.59 Å². The topological polar surface area (TPSA) is 49.4 Å². The third-order valence-electron chi connectivity index (χ3n) is 4.41. The summed E-state index contributed by atoms with van der Waals surface area (Å²) in [5.41, 5.74) is 2.08. The van der Waals surface area contributed by atoms with Gasteiger partial charge in [0.2, 0.25) is 11.8 Å². The maximum absolute atomic E-state index is 12.6. The third-order valence-corrected chi connectivity index (χ3v) is 4.41. The molecule has 0 aliphatic rings. The minimum absolute atomic E-state index is 0.222. The van der Waals surface area contributed by atoms with Gasteiger partial charge in [0.25, 0.3) is 0 Å². The predicted octanol–water partition coefficient (Wildman–Crippen LogP) is 4.82. The van der Waals surface area contributed by atoms with E-state index in [-0.39, 0.29) is 18.1 Å². The molecule has 0 aromatic heterocycles. The lowest BCUT2D eigenvalue weighted by molar-refractivity contribution is -0.137. The van der Waals surface area contributed by atoms with Gasteiger partial charge in [-0.25, -0.2) is 0 Å². The number of rotatable bonds is 6. The number of nitrogens with zero attached hydrogens (tertiary/aromatic N) is 1. The van der Waals surface area contributed by atoms with Crippen LogP contribution in [0.3, 0.4) is 0 Å². The normalized spacial score (nSPS) is 11.2. The van der Waals surface area contributed by atoms with Crippen molar-refractivity contribution in [2.24, 2.45) is 0 Å². The summed E-state index contributed by atoms with van der Waals surface area (Å²) < 4.78 is 37.9. The molecule has 2 rings (SSSR count). The van der Waals surface area contributed by atoms with Crippen LogP contribution in [0.1, 0.15) is 37.5 Å². The van der Waals surface area contributed by atoms with Gasteiger partial charge in [0.05, 0.1) is 11.3 Å². The van der Waals surface area contributed by atoms with Crippen LogP contribution in [0.5, 0.6) is 0 Å². The van der Waals surface area contributed by atoms with Crippen molar-refractivity contribution in [3.05, 3.63) is 59.2 Å². The lowest BCUT2D eigenvalue weighted by atomic mass is 10.0. The Labute approximate surface area is 162 Å². The highest BCUT2D eigenvalue weighted by atomic mass is 19.4. The molecule has 2 amide bonds. The number of nitrogens with one attached hydrogen (secondary N) is 1. The molecule has 4 nitrogen and oxygen atoms in total. The molecule has 0 aliphatic carbocycles. The van der Waals surface area contributed by atoms with E-state index in [9.17, 15) is 22.8 Å². The Hall–Kier alpha value is -2.83. The first-order valence-electron chi connectivity index (χ1n) is 9.03. The minimum atomic E-state index is -4.44. The van der Waals surface area contributed by atoms with Crippen LogP contribution in [-0.4, -0.2) is 18.4 Å². The van der Waals surface area contributed by atoms with Gasteiger partial charge in [-0.1, -0.05) is 32.0 Å². The number of amides is 2. The summed E-state index contributed by atoms with van der Waals surface area (Å²) in [7, 11) is 0. The van der Waals surface area contributed by atoms with Crippen LogP contribution < -0.4 is 10.2 Å². The molecule has 2 aromatic rings. The van der Waals surface area contributed by atoms with Crippen LogP contribution in [0.4, 0.5) is 24.5 Å². The SMILES string of the molecule is CCc1cccc(CC)c1N(CC(=O)Nc1ccc(C(F)(F)F)cc1)C(C)=O. The Kier molecular flexibility index (Phi) is 6.83. The standard InChI is InChI=1S/C21H23F3N2O2/c1-4-15-7-6-8-16(5-2)20(15)26(14(3)27)13-19(28)25-18-11-9-17(10-12-18)21(22,23)24/h6-12H,4-5,13H2,1-3H3,(H,25,28). The molecule has 28 heavy (non-hydrogen) atoms. The fourth-order valence-electron chi connectivity index (χ4n) is 3.00. The number of para-hydroxylation sites is 1. The lowest BCUT2D eigenvalue weighted by Gasteiger charge is -2.26. The van der Waals surface area contributed by atoms with Crippen LogP contribution in [0.2, 0.25) is 0 Å². The first-order valence-corrected chi connectivity index (χ1v) is 9.03. The summed E-state index contributed by atoms with van der Waals surface area (Å²) in [6.45, 7) is 5.11. The highest BCUT2D eigenvalue weighted by molar-refractivity contribution is 6.02. The minimum Gasteiger partial charge on any atom is -0.325 e. The van der Waals surface area contributed by atoms with Crippen molar-refractivity contribution in [2.45, 2.75) is 39.8 Å². The maximum Gasteiger partial charge on any atom is 0.416 e. The number of benzene rings is 2. The van der Waals surface area contributed by atoms with E-state index in [2.05, 4.69) is 5.32 Å². The molecule has 2 aromatic carbocycles. The van der Waals surface area contributed by atoms with E-state index in [1.807, 2.05) is 32.0 Å². The van der Waals surface area contributed by atoms with Crippen LogP contribution in [0.15, 0.2) is 42.5 Å². The van der Waals surface area contributed by atoms with Crippen molar-refractivity contribution >= 4 is 23.2 Å². The summed E-state index contributed by atoms with van der Waals surface area (Å²) in [6, 6.07) is 9.94. The second-order valence-electron chi connectivity index (χ2n) is 6.36. The number of anilines is 2. The smallest absolute Gasteiger partial charge is 0.325 e. The molecule has 150 valence electrons. The Morgan fingerprint density at radius 3 is 1.93 bits per heavy atom. The van der Waals surface area contributed by atoms with Gasteiger partial charge in [0.15, 0.2) is 0 Å². The van der Waals surface area contributed by atoms with Gasteiger partial charge >= 0.3 is 6.18 Å². The number of hydrogen-bond donors (Lipinski definition) is 1. The second-order valence-corrected chi connectivity index (χ2v) is 6.36. The fraction of sp³-hybridized carbons (Fsp3) is 0.333. The van der Waals surface area contributed by atoms with Crippen LogP contribution in [0, 0.1) is 0 Å². The number of carbonyl (C=O) groups excluding carboxylic acids is 2. The largest absolute Gasteiger partial charge is 0.416 e. The summed E-state index contributed by atoms with van der Waals surface area (Å²) >= 11 is 0. The fourth-order valence-corrected chi connectivity index (χ4v) is 3.00.